The first-order valence-electron chi connectivity index (χ1n) is 4.66. The number of hydrogen-bond donors (Lipinski definition) is 1. The van der Waals surface area contributed by atoms with E-state index in [0.29, 0.717) is 21.4 Å². The maximum absolute atomic E-state index is 10.8. The zero-order valence-electron chi connectivity index (χ0n) is 8.81. The summed E-state index contributed by atoms with van der Waals surface area (Å²) in [7, 11) is 0. The molecule has 1 aromatic carbocycles. The van der Waals surface area contributed by atoms with Gasteiger partial charge in [0.1, 0.15) is 4.47 Å². The van der Waals surface area contributed by atoms with Crippen LogP contribution in [0.4, 0.5) is 11.5 Å². The van der Waals surface area contributed by atoms with Crippen LogP contribution in [0.25, 0.3) is 11.3 Å². The Kier molecular flexibility index (Phi) is 2.84. The molecule has 0 saturated carbocycles. The zero-order valence-corrected chi connectivity index (χ0v) is 10.4. The SMILES string of the molecule is Cc1ccc(-c2onc(N)c2Br)cc1[N+](=O)[O-]. The van der Waals surface area contributed by atoms with Crippen molar-refractivity contribution in [3.8, 4) is 11.3 Å². The first-order chi connectivity index (χ1) is 8.00. The van der Waals surface area contributed by atoms with Gasteiger partial charge in [-0.05, 0) is 22.9 Å². The van der Waals surface area contributed by atoms with Gasteiger partial charge in [-0.15, -0.1) is 0 Å². The third kappa shape index (κ3) is 2.01. The van der Waals surface area contributed by atoms with Gasteiger partial charge in [-0.2, -0.15) is 0 Å². The molecule has 0 atom stereocenters. The molecule has 0 spiro atoms. The van der Waals surface area contributed by atoms with Gasteiger partial charge in [0.15, 0.2) is 11.6 Å². The van der Waals surface area contributed by atoms with Crippen molar-refractivity contribution in [1.29, 1.82) is 0 Å². The Labute approximate surface area is 105 Å². The van der Waals surface area contributed by atoms with Crippen molar-refractivity contribution in [2.24, 2.45) is 0 Å². The Morgan fingerprint density at radius 3 is 2.76 bits per heavy atom. The molecule has 2 aromatic rings. The van der Waals surface area contributed by atoms with Crippen LogP contribution in [0.5, 0.6) is 0 Å². The standard InChI is InChI=1S/C10H8BrN3O3/c1-5-2-3-6(4-7(5)14(15)16)9-8(11)10(12)13-17-9/h2-4H,1H3,(H2,12,13). The summed E-state index contributed by atoms with van der Waals surface area (Å²) in [4.78, 5) is 10.4. The Balaban J connectivity index is 2.58. The lowest BCUT2D eigenvalue weighted by Crippen LogP contribution is -1.92. The molecule has 6 nitrogen and oxygen atoms in total. The lowest BCUT2D eigenvalue weighted by molar-refractivity contribution is -0.385. The van der Waals surface area contributed by atoms with E-state index in [4.69, 9.17) is 10.3 Å². The van der Waals surface area contributed by atoms with Gasteiger partial charge in [0, 0.05) is 17.2 Å². The molecule has 0 aliphatic rings. The quantitative estimate of drug-likeness (QED) is 0.679. The molecule has 2 N–H and O–H groups in total. The van der Waals surface area contributed by atoms with Crippen molar-refractivity contribution in [3.05, 3.63) is 38.3 Å². The number of benzene rings is 1. The monoisotopic (exact) mass is 297 g/mol. The van der Waals surface area contributed by atoms with Crippen LogP contribution >= 0.6 is 15.9 Å². The number of hydrogen-bond acceptors (Lipinski definition) is 5. The highest BCUT2D eigenvalue weighted by molar-refractivity contribution is 9.10. The van der Waals surface area contributed by atoms with E-state index in [1.165, 1.54) is 6.07 Å². The Hall–Kier alpha value is -1.89. The molecule has 17 heavy (non-hydrogen) atoms. The summed E-state index contributed by atoms with van der Waals surface area (Å²) in [6.07, 6.45) is 0. The highest BCUT2D eigenvalue weighted by atomic mass is 79.9. The number of aryl methyl sites for hydroxylation is 1. The molecule has 0 amide bonds. The van der Waals surface area contributed by atoms with Crippen LogP contribution in [0.1, 0.15) is 5.56 Å². The highest BCUT2D eigenvalue weighted by Crippen LogP contribution is 2.34. The number of nitro benzene ring substituents is 1. The third-order valence-electron chi connectivity index (χ3n) is 2.33. The van der Waals surface area contributed by atoms with E-state index < -0.39 is 4.92 Å². The fourth-order valence-electron chi connectivity index (χ4n) is 1.42. The molecule has 0 saturated heterocycles. The van der Waals surface area contributed by atoms with E-state index in [1.54, 1.807) is 19.1 Å². The lowest BCUT2D eigenvalue weighted by atomic mass is 10.1. The molecule has 0 aliphatic heterocycles. The smallest absolute Gasteiger partial charge is 0.273 e. The van der Waals surface area contributed by atoms with E-state index in [2.05, 4.69) is 21.1 Å². The van der Waals surface area contributed by atoms with Crippen LogP contribution in [-0.2, 0) is 0 Å². The van der Waals surface area contributed by atoms with Crippen LogP contribution in [0, 0.1) is 17.0 Å². The van der Waals surface area contributed by atoms with Crippen molar-refractivity contribution < 1.29 is 9.45 Å². The van der Waals surface area contributed by atoms with Gasteiger partial charge in [0.2, 0.25) is 0 Å². The van der Waals surface area contributed by atoms with Crippen LogP contribution in [-0.4, -0.2) is 10.1 Å². The molecular weight excluding hydrogens is 290 g/mol. The summed E-state index contributed by atoms with van der Waals surface area (Å²) < 4.78 is 5.51. The van der Waals surface area contributed by atoms with E-state index >= 15 is 0 Å². The number of aromatic nitrogens is 1. The molecule has 0 unspecified atom stereocenters. The molecule has 7 heteroatoms. The zero-order chi connectivity index (χ0) is 12.6. The van der Waals surface area contributed by atoms with E-state index in [0.717, 1.165) is 0 Å². The largest absolute Gasteiger partial charge is 0.380 e. The minimum absolute atomic E-state index is 0.0318. The summed E-state index contributed by atoms with van der Waals surface area (Å²) in [5, 5.41) is 14.4. The second-order valence-corrected chi connectivity index (χ2v) is 4.26. The second-order valence-electron chi connectivity index (χ2n) is 3.47. The Morgan fingerprint density at radius 1 is 1.53 bits per heavy atom. The number of anilines is 1. The Bertz CT molecular complexity index is 594. The third-order valence-corrected chi connectivity index (χ3v) is 3.09. The van der Waals surface area contributed by atoms with Crippen LogP contribution in [0.2, 0.25) is 0 Å². The van der Waals surface area contributed by atoms with Crippen LogP contribution in [0.15, 0.2) is 27.2 Å². The number of nitrogens with zero attached hydrogens (tertiary/aromatic N) is 2. The number of rotatable bonds is 2. The molecule has 1 aromatic heterocycles. The molecule has 1 heterocycles. The van der Waals surface area contributed by atoms with Crippen molar-refractivity contribution in [3.63, 3.8) is 0 Å². The van der Waals surface area contributed by atoms with Gasteiger partial charge in [0.05, 0.1) is 4.92 Å². The molecule has 88 valence electrons. The molecule has 0 fully saturated rings. The van der Waals surface area contributed by atoms with Gasteiger partial charge < -0.3 is 10.3 Å². The van der Waals surface area contributed by atoms with E-state index in [1.807, 2.05) is 0 Å². The first-order valence-corrected chi connectivity index (χ1v) is 5.46. The van der Waals surface area contributed by atoms with Crippen LogP contribution in [0.3, 0.4) is 0 Å². The predicted molar refractivity (Wildman–Crippen MR) is 65.4 cm³/mol. The maximum Gasteiger partial charge on any atom is 0.273 e. The summed E-state index contributed by atoms with van der Waals surface area (Å²) in [6, 6.07) is 4.80. The van der Waals surface area contributed by atoms with E-state index in [-0.39, 0.29) is 11.5 Å². The van der Waals surface area contributed by atoms with Gasteiger partial charge in [0.25, 0.3) is 5.69 Å². The predicted octanol–water partition coefficient (Wildman–Crippen LogP) is 2.90. The van der Waals surface area contributed by atoms with Crippen molar-refractivity contribution in [2.45, 2.75) is 6.92 Å². The number of nitrogens with two attached hydrogens (primary N) is 1. The molecular formula is C10H8BrN3O3. The van der Waals surface area contributed by atoms with Crippen molar-refractivity contribution >= 4 is 27.4 Å². The van der Waals surface area contributed by atoms with E-state index in [9.17, 15) is 10.1 Å². The number of halogens is 1. The summed E-state index contributed by atoms with van der Waals surface area (Å²) in [5.74, 6) is 0.592. The maximum atomic E-state index is 10.8. The highest BCUT2D eigenvalue weighted by Gasteiger charge is 2.17. The fraction of sp³-hybridized carbons (Fsp3) is 0.100. The van der Waals surface area contributed by atoms with Gasteiger partial charge >= 0.3 is 0 Å². The average Bonchev–Trinajstić information content (AvgIpc) is 2.60. The number of nitro groups is 1. The topological polar surface area (TPSA) is 95.2 Å². The summed E-state index contributed by atoms with van der Waals surface area (Å²) in [6.45, 7) is 1.67. The minimum Gasteiger partial charge on any atom is -0.380 e. The normalized spacial score (nSPS) is 10.5. The van der Waals surface area contributed by atoms with Gasteiger partial charge in [-0.25, -0.2) is 0 Å². The molecule has 0 aliphatic carbocycles. The molecule has 2 rings (SSSR count). The summed E-state index contributed by atoms with van der Waals surface area (Å²) in [5.41, 5.74) is 6.69. The van der Waals surface area contributed by atoms with Crippen molar-refractivity contribution in [2.75, 3.05) is 5.73 Å². The molecule has 0 radical (unpaired) electrons. The van der Waals surface area contributed by atoms with Gasteiger partial charge in [-0.3, -0.25) is 10.1 Å². The van der Waals surface area contributed by atoms with Crippen molar-refractivity contribution in [1.82, 2.24) is 5.16 Å². The average molecular weight is 298 g/mol. The molecule has 0 bridgehead atoms. The Morgan fingerprint density at radius 2 is 2.24 bits per heavy atom. The minimum atomic E-state index is -0.438. The number of nitrogen functional groups attached to an aromatic ring is 1. The first kappa shape index (κ1) is 11.6. The van der Waals surface area contributed by atoms with Gasteiger partial charge in [-0.1, -0.05) is 17.3 Å². The summed E-state index contributed by atoms with van der Waals surface area (Å²) >= 11 is 3.22. The lowest BCUT2D eigenvalue weighted by Gasteiger charge is -2.00. The second kappa shape index (κ2) is 4.17. The van der Waals surface area contributed by atoms with Crippen LogP contribution < -0.4 is 5.73 Å². The fourth-order valence-corrected chi connectivity index (χ4v) is 1.79.